The number of halogens is 2. The number of hydrogen-bond donors (Lipinski definition) is 1. The van der Waals surface area contributed by atoms with Gasteiger partial charge in [-0.25, -0.2) is 4.98 Å². The third kappa shape index (κ3) is 6.06. The maximum Gasteiger partial charge on any atom is 0.131 e. The Labute approximate surface area is 203 Å². The number of aromatic nitrogens is 1. The fraction of sp³-hybridized carbons (Fsp3) is 0.423. The van der Waals surface area contributed by atoms with Crippen LogP contribution in [0, 0.1) is 0 Å². The molecule has 0 unspecified atom stereocenters. The fourth-order valence-corrected chi connectivity index (χ4v) is 4.55. The molecule has 1 saturated heterocycles. The first-order valence-corrected chi connectivity index (χ1v) is 11.5. The zero-order valence-corrected chi connectivity index (χ0v) is 21.0. The van der Waals surface area contributed by atoms with Crippen molar-refractivity contribution in [3.8, 4) is 0 Å². The van der Waals surface area contributed by atoms with Crippen LogP contribution in [0.4, 0.5) is 11.5 Å². The molecular weight excluding hydrogens is 439 g/mol. The number of pyridine rings is 1. The van der Waals surface area contributed by atoms with Gasteiger partial charge in [0, 0.05) is 60.4 Å². The van der Waals surface area contributed by atoms with Gasteiger partial charge in [-0.3, -0.25) is 0 Å². The van der Waals surface area contributed by atoms with Crippen LogP contribution in [0.25, 0.3) is 10.9 Å². The van der Waals surface area contributed by atoms with Crippen molar-refractivity contribution in [3.05, 3.63) is 65.2 Å². The molecule has 172 valence electrons. The smallest absolute Gasteiger partial charge is 0.131 e. The molecule has 1 aliphatic heterocycles. The number of piperidine rings is 1. The third-order valence-electron chi connectivity index (χ3n) is 5.88. The number of rotatable bonds is 5. The van der Waals surface area contributed by atoms with E-state index in [9.17, 15) is 0 Å². The number of anilines is 2. The van der Waals surface area contributed by atoms with E-state index < -0.39 is 0 Å². The first kappa shape index (κ1) is 24.6. The summed E-state index contributed by atoms with van der Waals surface area (Å²) in [5.74, 6) is 0.999. The van der Waals surface area contributed by atoms with Crippen LogP contribution in [-0.2, 0) is 6.54 Å². The lowest BCUT2D eigenvalue weighted by atomic mass is 9.99. The van der Waals surface area contributed by atoms with Crippen molar-refractivity contribution in [1.82, 2.24) is 10.3 Å². The van der Waals surface area contributed by atoms with Crippen LogP contribution in [0.2, 0.25) is 5.02 Å². The largest absolute Gasteiger partial charge is 0.371 e. The highest BCUT2D eigenvalue weighted by Gasteiger charge is 2.24. The van der Waals surface area contributed by atoms with Crippen molar-refractivity contribution in [2.24, 2.45) is 0 Å². The van der Waals surface area contributed by atoms with Crippen molar-refractivity contribution in [1.29, 1.82) is 0 Å². The first-order valence-electron chi connectivity index (χ1n) is 11.2. The summed E-state index contributed by atoms with van der Waals surface area (Å²) < 4.78 is 0. The molecule has 32 heavy (non-hydrogen) atoms. The monoisotopic (exact) mass is 472 g/mol. The standard InChI is InChI=1S/C26H33ClN4.ClH/c1-26(2,3)29-21-13-15-31(16-14-21)24-17-25(28-23-8-6-5-7-22(23)24)30(4)18-19-9-11-20(27)12-10-19;/h5-12,17,21,29H,13-16,18H2,1-4H3;1H. The summed E-state index contributed by atoms with van der Waals surface area (Å²) in [5, 5.41) is 5.77. The Balaban J connectivity index is 0.00000289. The molecule has 0 aliphatic carbocycles. The van der Waals surface area contributed by atoms with Gasteiger partial charge >= 0.3 is 0 Å². The van der Waals surface area contributed by atoms with E-state index in [0.29, 0.717) is 6.04 Å². The van der Waals surface area contributed by atoms with E-state index in [4.69, 9.17) is 16.6 Å². The second-order valence-corrected chi connectivity index (χ2v) is 10.1. The summed E-state index contributed by atoms with van der Waals surface area (Å²) in [6.45, 7) is 9.65. The van der Waals surface area contributed by atoms with E-state index in [1.54, 1.807) is 0 Å². The average Bonchev–Trinajstić information content (AvgIpc) is 2.74. The SMILES string of the molecule is CN(Cc1ccc(Cl)cc1)c1cc(N2CCC(NC(C)(C)C)CC2)c2ccccc2n1.Cl. The van der Waals surface area contributed by atoms with Crippen LogP contribution in [0.15, 0.2) is 54.6 Å². The molecule has 0 atom stereocenters. The van der Waals surface area contributed by atoms with Crippen LogP contribution in [0.3, 0.4) is 0 Å². The van der Waals surface area contributed by atoms with Gasteiger partial charge < -0.3 is 15.1 Å². The fourth-order valence-electron chi connectivity index (χ4n) is 4.42. The number of fused-ring (bicyclic) bond motifs is 1. The third-order valence-corrected chi connectivity index (χ3v) is 6.13. The molecule has 4 rings (SSSR count). The molecule has 2 aromatic carbocycles. The van der Waals surface area contributed by atoms with Gasteiger partial charge in [-0.2, -0.15) is 0 Å². The summed E-state index contributed by atoms with van der Waals surface area (Å²) in [6.07, 6.45) is 2.31. The van der Waals surface area contributed by atoms with E-state index >= 15 is 0 Å². The highest BCUT2D eigenvalue weighted by atomic mass is 35.5. The van der Waals surface area contributed by atoms with Crippen molar-refractivity contribution in [2.75, 3.05) is 29.9 Å². The Morgan fingerprint density at radius 3 is 2.38 bits per heavy atom. The highest BCUT2D eigenvalue weighted by Crippen LogP contribution is 2.32. The van der Waals surface area contributed by atoms with Gasteiger partial charge in [-0.05, 0) is 57.4 Å². The molecule has 6 heteroatoms. The van der Waals surface area contributed by atoms with Gasteiger partial charge in [0.15, 0.2) is 0 Å². The lowest BCUT2D eigenvalue weighted by molar-refractivity contribution is 0.317. The van der Waals surface area contributed by atoms with Crippen LogP contribution in [0.1, 0.15) is 39.2 Å². The Kier molecular flexibility index (Phi) is 7.92. The summed E-state index contributed by atoms with van der Waals surface area (Å²) in [4.78, 5) is 9.72. The van der Waals surface area contributed by atoms with Gasteiger partial charge in [-0.15, -0.1) is 12.4 Å². The summed E-state index contributed by atoms with van der Waals surface area (Å²) in [7, 11) is 2.11. The first-order chi connectivity index (χ1) is 14.8. The summed E-state index contributed by atoms with van der Waals surface area (Å²) >= 11 is 6.05. The predicted molar refractivity (Wildman–Crippen MR) is 141 cm³/mol. The van der Waals surface area contributed by atoms with Gasteiger partial charge in [0.25, 0.3) is 0 Å². The Morgan fingerprint density at radius 2 is 1.72 bits per heavy atom. The van der Waals surface area contributed by atoms with Crippen LogP contribution < -0.4 is 15.1 Å². The number of hydrogen-bond acceptors (Lipinski definition) is 4. The minimum atomic E-state index is 0. The van der Waals surface area contributed by atoms with Crippen molar-refractivity contribution in [2.45, 2.75) is 51.7 Å². The second-order valence-electron chi connectivity index (χ2n) is 9.65. The maximum absolute atomic E-state index is 6.05. The van der Waals surface area contributed by atoms with Crippen LogP contribution in [-0.4, -0.2) is 36.7 Å². The lowest BCUT2D eigenvalue weighted by Gasteiger charge is -2.38. The molecule has 0 saturated carbocycles. The van der Waals surface area contributed by atoms with Gasteiger partial charge in [0.1, 0.15) is 5.82 Å². The number of nitrogens with zero attached hydrogens (tertiary/aromatic N) is 3. The number of benzene rings is 2. The number of para-hydroxylation sites is 1. The van der Waals surface area contributed by atoms with E-state index in [2.05, 4.69) is 85.4 Å². The Hall–Kier alpha value is -2.01. The molecule has 1 aromatic heterocycles. The van der Waals surface area contributed by atoms with Gasteiger partial charge in [0.2, 0.25) is 0 Å². The van der Waals surface area contributed by atoms with Crippen molar-refractivity contribution < 1.29 is 0 Å². The van der Waals surface area contributed by atoms with Crippen molar-refractivity contribution in [3.63, 3.8) is 0 Å². The van der Waals surface area contributed by atoms with Crippen molar-refractivity contribution >= 4 is 46.4 Å². The Bertz CT molecular complexity index is 1020. The van der Waals surface area contributed by atoms with Gasteiger partial charge in [-0.1, -0.05) is 41.9 Å². The zero-order chi connectivity index (χ0) is 22.0. The molecule has 1 fully saturated rings. The summed E-state index contributed by atoms with van der Waals surface area (Å²) in [5.41, 5.74) is 3.72. The predicted octanol–water partition coefficient (Wildman–Crippen LogP) is 6.30. The molecule has 0 radical (unpaired) electrons. The topological polar surface area (TPSA) is 31.4 Å². The van der Waals surface area contributed by atoms with E-state index in [1.807, 2.05) is 12.1 Å². The molecule has 1 aliphatic rings. The minimum absolute atomic E-state index is 0. The molecular formula is C26H34Cl2N4. The molecule has 0 bridgehead atoms. The molecule has 3 aromatic rings. The molecule has 1 N–H and O–H groups in total. The zero-order valence-electron chi connectivity index (χ0n) is 19.4. The maximum atomic E-state index is 6.05. The minimum Gasteiger partial charge on any atom is -0.371 e. The quantitative estimate of drug-likeness (QED) is 0.471. The van der Waals surface area contributed by atoms with E-state index in [0.717, 1.165) is 48.8 Å². The lowest BCUT2D eigenvalue weighted by Crippen LogP contribution is -2.49. The van der Waals surface area contributed by atoms with E-state index in [1.165, 1.54) is 16.6 Å². The molecule has 4 nitrogen and oxygen atoms in total. The van der Waals surface area contributed by atoms with E-state index in [-0.39, 0.29) is 17.9 Å². The Morgan fingerprint density at radius 1 is 1.06 bits per heavy atom. The van der Waals surface area contributed by atoms with Crippen LogP contribution in [0.5, 0.6) is 0 Å². The molecule has 0 spiro atoms. The molecule has 0 amide bonds. The summed E-state index contributed by atoms with van der Waals surface area (Å²) in [6, 6.07) is 19.4. The normalized spacial score (nSPS) is 15.0. The van der Waals surface area contributed by atoms with Gasteiger partial charge in [0.05, 0.1) is 5.52 Å². The van der Waals surface area contributed by atoms with Crippen LogP contribution >= 0.6 is 24.0 Å². The number of nitrogens with one attached hydrogen (secondary N) is 1. The average molecular weight is 473 g/mol. The highest BCUT2D eigenvalue weighted by molar-refractivity contribution is 6.30. The second kappa shape index (κ2) is 10.3. The molecule has 2 heterocycles.